The molecule has 2 atom stereocenters. The molecule has 0 bridgehead atoms. The molecule has 2 aliphatic heterocycles. The largest absolute Gasteiger partial charge is 0.378 e. The average Bonchev–Trinajstić information content (AvgIpc) is 2.69. The van der Waals surface area contributed by atoms with Crippen LogP contribution < -0.4 is 0 Å². The van der Waals surface area contributed by atoms with Crippen LogP contribution in [0, 0.1) is 11.8 Å². The average molecular weight is 344 g/mol. The highest BCUT2D eigenvalue weighted by atomic mass is 16.5. The van der Waals surface area contributed by atoms with Crippen molar-refractivity contribution < 1.29 is 14.3 Å². The second-order valence-corrected chi connectivity index (χ2v) is 7.03. The first kappa shape index (κ1) is 17.9. The van der Waals surface area contributed by atoms with Gasteiger partial charge in [-0.1, -0.05) is 31.5 Å². The number of morpholine rings is 1. The van der Waals surface area contributed by atoms with Crippen LogP contribution in [0.5, 0.6) is 0 Å². The summed E-state index contributed by atoms with van der Waals surface area (Å²) in [6, 6.07) is 9.47. The van der Waals surface area contributed by atoms with Crippen LogP contribution >= 0.6 is 0 Å². The Hall–Kier alpha value is -1.88. The number of carbonyl (C=O) groups excluding carboxylic acids is 2. The number of carbonyl (C=O) groups is 2. The van der Waals surface area contributed by atoms with E-state index in [-0.39, 0.29) is 11.8 Å². The van der Waals surface area contributed by atoms with E-state index in [0.717, 1.165) is 31.5 Å². The van der Waals surface area contributed by atoms with Gasteiger partial charge in [0.25, 0.3) is 5.91 Å². The molecule has 0 N–H and O–H groups in total. The van der Waals surface area contributed by atoms with Crippen LogP contribution in [0.1, 0.15) is 36.5 Å². The second kappa shape index (κ2) is 8.48. The lowest BCUT2D eigenvalue weighted by Gasteiger charge is -2.39. The van der Waals surface area contributed by atoms with Gasteiger partial charge in [0.1, 0.15) is 0 Å². The Morgan fingerprint density at radius 3 is 2.44 bits per heavy atom. The second-order valence-electron chi connectivity index (χ2n) is 7.03. The summed E-state index contributed by atoms with van der Waals surface area (Å²) in [5.74, 6) is 1.12. The Bertz CT molecular complexity index is 584. The lowest BCUT2D eigenvalue weighted by Crippen LogP contribution is -2.46. The smallest absolute Gasteiger partial charge is 0.253 e. The van der Waals surface area contributed by atoms with Crippen LogP contribution in [-0.4, -0.2) is 61.0 Å². The zero-order chi connectivity index (χ0) is 17.6. The Morgan fingerprint density at radius 2 is 1.76 bits per heavy atom. The molecule has 1 aromatic rings. The third-order valence-corrected chi connectivity index (χ3v) is 5.52. The molecule has 1 aromatic carbocycles. The van der Waals surface area contributed by atoms with Gasteiger partial charge in [-0.2, -0.15) is 0 Å². The normalized spacial score (nSPS) is 24.2. The van der Waals surface area contributed by atoms with Gasteiger partial charge in [0.2, 0.25) is 5.91 Å². The standard InChI is InChI=1S/C20H28N2O3/c1-2-16-15-22(20(24)17-6-4-3-5-7-17)9-8-18(16)14-19(23)21-10-12-25-13-11-21/h3-7,16,18H,2,8-15H2,1H3. The van der Waals surface area contributed by atoms with Crippen molar-refractivity contribution in [1.82, 2.24) is 9.80 Å². The lowest BCUT2D eigenvalue weighted by molar-refractivity contribution is -0.137. The number of likely N-dealkylation sites (tertiary alicyclic amines) is 1. The molecule has 5 nitrogen and oxygen atoms in total. The molecule has 5 heteroatoms. The first-order valence-electron chi connectivity index (χ1n) is 9.39. The Kier molecular flexibility index (Phi) is 6.08. The molecule has 2 aliphatic rings. The van der Waals surface area contributed by atoms with Gasteiger partial charge in [-0.3, -0.25) is 9.59 Å². The summed E-state index contributed by atoms with van der Waals surface area (Å²) in [6.45, 7) is 6.37. The van der Waals surface area contributed by atoms with Gasteiger partial charge in [-0.25, -0.2) is 0 Å². The van der Waals surface area contributed by atoms with Crippen molar-refractivity contribution in [3.63, 3.8) is 0 Å². The number of hydrogen-bond acceptors (Lipinski definition) is 3. The molecular formula is C20H28N2O3. The minimum atomic E-state index is 0.108. The summed E-state index contributed by atoms with van der Waals surface area (Å²) in [5, 5.41) is 0. The van der Waals surface area contributed by atoms with Gasteiger partial charge in [-0.15, -0.1) is 0 Å². The molecule has 2 fully saturated rings. The maximum Gasteiger partial charge on any atom is 0.253 e. The Morgan fingerprint density at radius 1 is 1.04 bits per heavy atom. The molecule has 2 heterocycles. The molecular weight excluding hydrogens is 316 g/mol. The number of piperidine rings is 1. The lowest BCUT2D eigenvalue weighted by atomic mass is 9.81. The summed E-state index contributed by atoms with van der Waals surface area (Å²) in [6.07, 6.45) is 2.51. The van der Waals surface area contributed by atoms with E-state index in [0.29, 0.717) is 44.6 Å². The Balaban J connectivity index is 1.58. The quantitative estimate of drug-likeness (QED) is 0.843. The summed E-state index contributed by atoms with van der Waals surface area (Å²) < 4.78 is 5.33. The molecule has 0 saturated carbocycles. The van der Waals surface area contributed by atoms with Crippen LogP contribution in [-0.2, 0) is 9.53 Å². The molecule has 0 aromatic heterocycles. The van der Waals surface area contributed by atoms with E-state index in [1.165, 1.54) is 0 Å². The minimum Gasteiger partial charge on any atom is -0.378 e. The SMILES string of the molecule is CCC1CN(C(=O)c2ccccc2)CCC1CC(=O)N1CCOCC1. The fraction of sp³-hybridized carbons (Fsp3) is 0.600. The highest BCUT2D eigenvalue weighted by Crippen LogP contribution is 2.30. The van der Waals surface area contributed by atoms with E-state index in [1.807, 2.05) is 40.1 Å². The fourth-order valence-corrected chi connectivity index (χ4v) is 3.93. The highest BCUT2D eigenvalue weighted by molar-refractivity contribution is 5.94. The summed E-state index contributed by atoms with van der Waals surface area (Å²) in [4.78, 5) is 29.1. The van der Waals surface area contributed by atoms with Gasteiger partial charge < -0.3 is 14.5 Å². The molecule has 2 unspecified atom stereocenters. The summed E-state index contributed by atoms with van der Waals surface area (Å²) in [7, 11) is 0. The summed E-state index contributed by atoms with van der Waals surface area (Å²) in [5.41, 5.74) is 0.750. The van der Waals surface area contributed by atoms with Crippen molar-refractivity contribution in [2.75, 3.05) is 39.4 Å². The van der Waals surface area contributed by atoms with Crippen molar-refractivity contribution >= 4 is 11.8 Å². The number of rotatable bonds is 4. The third-order valence-electron chi connectivity index (χ3n) is 5.52. The first-order valence-corrected chi connectivity index (χ1v) is 9.39. The maximum atomic E-state index is 12.7. The van der Waals surface area contributed by atoms with E-state index < -0.39 is 0 Å². The molecule has 25 heavy (non-hydrogen) atoms. The van der Waals surface area contributed by atoms with Crippen LogP contribution in [0.15, 0.2) is 30.3 Å². The van der Waals surface area contributed by atoms with Crippen molar-refractivity contribution in [2.24, 2.45) is 11.8 Å². The van der Waals surface area contributed by atoms with E-state index in [1.54, 1.807) is 0 Å². The zero-order valence-corrected chi connectivity index (χ0v) is 15.0. The molecule has 2 saturated heterocycles. The number of nitrogens with zero attached hydrogens (tertiary/aromatic N) is 2. The number of benzene rings is 1. The first-order chi connectivity index (χ1) is 12.2. The van der Waals surface area contributed by atoms with Crippen LogP contribution in [0.4, 0.5) is 0 Å². The zero-order valence-electron chi connectivity index (χ0n) is 15.0. The van der Waals surface area contributed by atoms with E-state index in [9.17, 15) is 9.59 Å². The topological polar surface area (TPSA) is 49.9 Å². The molecule has 136 valence electrons. The third kappa shape index (κ3) is 4.40. The van der Waals surface area contributed by atoms with E-state index >= 15 is 0 Å². The van der Waals surface area contributed by atoms with Crippen LogP contribution in [0.2, 0.25) is 0 Å². The minimum absolute atomic E-state index is 0.108. The fourth-order valence-electron chi connectivity index (χ4n) is 3.93. The summed E-state index contributed by atoms with van der Waals surface area (Å²) >= 11 is 0. The Labute approximate surface area is 149 Å². The molecule has 2 amide bonds. The molecule has 0 aliphatic carbocycles. The number of amides is 2. The predicted octanol–water partition coefficient (Wildman–Crippen LogP) is 2.42. The van der Waals surface area contributed by atoms with Crippen molar-refractivity contribution in [3.05, 3.63) is 35.9 Å². The maximum absolute atomic E-state index is 12.7. The van der Waals surface area contributed by atoms with Gasteiger partial charge in [-0.05, 0) is 30.4 Å². The molecule has 3 rings (SSSR count). The highest BCUT2D eigenvalue weighted by Gasteiger charge is 2.33. The number of ether oxygens (including phenoxy) is 1. The predicted molar refractivity (Wildman–Crippen MR) is 96.2 cm³/mol. The van der Waals surface area contributed by atoms with Crippen molar-refractivity contribution in [3.8, 4) is 0 Å². The van der Waals surface area contributed by atoms with Crippen LogP contribution in [0.25, 0.3) is 0 Å². The van der Waals surface area contributed by atoms with E-state index in [4.69, 9.17) is 4.74 Å². The van der Waals surface area contributed by atoms with Crippen molar-refractivity contribution in [2.45, 2.75) is 26.2 Å². The van der Waals surface area contributed by atoms with Crippen LogP contribution in [0.3, 0.4) is 0 Å². The molecule has 0 radical (unpaired) electrons. The molecule has 0 spiro atoms. The van der Waals surface area contributed by atoms with Gasteiger partial charge in [0, 0.05) is 38.2 Å². The van der Waals surface area contributed by atoms with Crippen molar-refractivity contribution in [1.29, 1.82) is 0 Å². The van der Waals surface area contributed by atoms with E-state index in [2.05, 4.69) is 6.92 Å². The monoisotopic (exact) mass is 344 g/mol. The van der Waals surface area contributed by atoms with Gasteiger partial charge in [0.15, 0.2) is 0 Å². The van der Waals surface area contributed by atoms with Gasteiger partial charge >= 0.3 is 0 Å². The number of hydrogen-bond donors (Lipinski definition) is 0. The van der Waals surface area contributed by atoms with Gasteiger partial charge in [0.05, 0.1) is 13.2 Å².